The Bertz CT molecular complexity index is 1050. The van der Waals surface area contributed by atoms with E-state index in [9.17, 15) is 9.59 Å². The van der Waals surface area contributed by atoms with E-state index in [1.165, 1.54) is 0 Å². The van der Waals surface area contributed by atoms with Gasteiger partial charge >= 0.3 is 0 Å². The number of methoxy groups -OCH3 is 3. The Morgan fingerprint density at radius 3 is 1.62 bits per heavy atom. The van der Waals surface area contributed by atoms with Crippen LogP contribution in [0.15, 0.2) is 66.7 Å². The van der Waals surface area contributed by atoms with E-state index < -0.39 is 6.17 Å². The van der Waals surface area contributed by atoms with Crippen molar-refractivity contribution >= 4 is 11.8 Å². The van der Waals surface area contributed by atoms with Crippen LogP contribution in [0.5, 0.6) is 23.0 Å². The summed E-state index contributed by atoms with van der Waals surface area (Å²) in [5.41, 5.74) is 1.46. The Morgan fingerprint density at radius 1 is 0.706 bits per heavy atom. The van der Waals surface area contributed by atoms with Gasteiger partial charge in [0.1, 0.15) is 17.7 Å². The normalized spacial score (nSPS) is 10.4. The molecule has 0 radical (unpaired) electrons. The number of ether oxygens (including phenoxy) is 4. The highest BCUT2D eigenvalue weighted by molar-refractivity contribution is 5.97. The SMILES string of the molecule is CCOc1cc(C(NC(=O)c2ccc(OC)cc2)NC(=O)c2ccc(OC)cc2)ccc1OC. The molecule has 0 atom stereocenters. The van der Waals surface area contributed by atoms with Crippen molar-refractivity contribution in [1.29, 1.82) is 0 Å². The van der Waals surface area contributed by atoms with Crippen molar-refractivity contribution in [2.24, 2.45) is 0 Å². The van der Waals surface area contributed by atoms with E-state index in [1.54, 1.807) is 88.1 Å². The first-order valence-electron chi connectivity index (χ1n) is 10.7. The van der Waals surface area contributed by atoms with Crippen LogP contribution in [0.4, 0.5) is 0 Å². The zero-order valence-corrected chi connectivity index (χ0v) is 19.6. The van der Waals surface area contributed by atoms with Crippen molar-refractivity contribution in [2.45, 2.75) is 13.1 Å². The highest BCUT2D eigenvalue weighted by Crippen LogP contribution is 2.30. The van der Waals surface area contributed by atoms with Crippen molar-refractivity contribution in [3.8, 4) is 23.0 Å². The Hall–Kier alpha value is -4.20. The van der Waals surface area contributed by atoms with Gasteiger partial charge in [-0.15, -0.1) is 0 Å². The van der Waals surface area contributed by atoms with Gasteiger partial charge in [-0.1, -0.05) is 6.07 Å². The average Bonchev–Trinajstić information content (AvgIpc) is 2.88. The molecule has 2 N–H and O–H groups in total. The fourth-order valence-electron chi connectivity index (χ4n) is 3.26. The molecule has 3 aromatic carbocycles. The van der Waals surface area contributed by atoms with Crippen LogP contribution in [0, 0.1) is 0 Å². The summed E-state index contributed by atoms with van der Waals surface area (Å²) in [5, 5.41) is 5.77. The molecule has 3 rings (SSSR count). The van der Waals surface area contributed by atoms with Gasteiger partial charge in [0.15, 0.2) is 11.5 Å². The molecule has 0 spiro atoms. The summed E-state index contributed by atoms with van der Waals surface area (Å²) in [6.07, 6.45) is -0.839. The predicted octanol–water partition coefficient (Wildman–Crippen LogP) is 3.97. The molecule has 0 saturated heterocycles. The molecule has 178 valence electrons. The Labute approximate surface area is 198 Å². The van der Waals surface area contributed by atoms with E-state index in [0.717, 1.165) is 0 Å². The smallest absolute Gasteiger partial charge is 0.253 e. The summed E-state index contributed by atoms with van der Waals surface area (Å²) in [6.45, 7) is 2.29. The van der Waals surface area contributed by atoms with Gasteiger partial charge in [-0.05, 0) is 73.2 Å². The molecule has 0 unspecified atom stereocenters. The van der Waals surface area contributed by atoms with E-state index in [0.29, 0.717) is 46.3 Å². The lowest BCUT2D eigenvalue weighted by molar-refractivity contribution is 0.0883. The van der Waals surface area contributed by atoms with Gasteiger partial charge in [-0.2, -0.15) is 0 Å². The van der Waals surface area contributed by atoms with Crippen LogP contribution in [0.25, 0.3) is 0 Å². The highest BCUT2D eigenvalue weighted by Gasteiger charge is 2.21. The minimum Gasteiger partial charge on any atom is -0.497 e. The zero-order chi connectivity index (χ0) is 24.5. The summed E-state index contributed by atoms with van der Waals surface area (Å²) in [5.74, 6) is 1.60. The molecule has 0 heterocycles. The van der Waals surface area contributed by atoms with Crippen molar-refractivity contribution in [3.63, 3.8) is 0 Å². The highest BCUT2D eigenvalue weighted by atomic mass is 16.5. The summed E-state index contributed by atoms with van der Waals surface area (Å²) in [6, 6.07) is 18.6. The Kier molecular flexibility index (Phi) is 8.34. The number of hydrogen-bond donors (Lipinski definition) is 2. The second-order valence-electron chi connectivity index (χ2n) is 7.18. The van der Waals surface area contributed by atoms with Crippen LogP contribution in [0.3, 0.4) is 0 Å². The summed E-state index contributed by atoms with van der Waals surface area (Å²) in [4.78, 5) is 26.0. The lowest BCUT2D eigenvalue weighted by Gasteiger charge is -2.22. The Balaban J connectivity index is 1.90. The van der Waals surface area contributed by atoms with Crippen molar-refractivity contribution in [2.75, 3.05) is 27.9 Å². The van der Waals surface area contributed by atoms with Crippen LogP contribution in [0.2, 0.25) is 0 Å². The molecule has 8 nitrogen and oxygen atoms in total. The molecule has 0 saturated carbocycles. The molecule has 0 aliphatic heterocycles. The average molecular weight is 465 g/mol. The predicted molar refractivity (Wildman–Crippen MR) is 128 cm³/mol. The maximum absolute atomic E-state index is 13.0. The molecule has 0 fully saturated rings. The molecular formula is C26H28N2O6. The minimum absolute atomic E-state index is 0.364. The number of rotatable bonds is 10. The third-order valence-electron chi connectivity index (χ3n) is 5.08. The molecule has 0 aromatic heterocycles. The zero-order valence-electron chi connectivity index (χ0n) is 19.6. The first kappa shape index (κ1) is 24.4. The number of amides is 2. The second-order valence-corrected chi connectivity index (χ2v) is 7.18. The van der Waals surface area contributed by atoms with Gasteiger partial charge in [0.2, 0.25) is 0 Å². The molecule has 3 aromatic rings. The first-order chi connectivity index (χ1) is 16.5. The quantitative estimate of drug-likeness (QED) is 0.441. The van der Waals surface area contributed by atoms with Gasteiger partial charge < -0.3 is 29.6 Å². The third-order valence-corrected chi connectivity index (χ3v) is 5.08. The van der Waals surface area contributed by atoms with E-state index in [2.05, 4.69) is 10.6 Å². The number of nitrogens with one attached hydrogen (secondary N) is 2. The van der Waals surface area contributed by atoms with Gasteiger partial charge in [-0.25, -0.2) is 0 Å². The van der Waals surface area contributed by atoms with Gasteiger partial charge in [0, 0.05) is 11.1 Å². The van der Waals surface area contributed by atoms with E-state index >= 15 is 0 Å². The summed E-state index contributed by atoms with van der Waals surface area (Å²) in [7, 11) is 4.66. The molecule has 8 heteroatoms. The van der Waals surface area contributed by atoms with Crippen molar-refractivity contribution in [3.05, 3.63) is 83.4 Å². The summed E-state index contributed by atoms with van der Waals surface area (Å²) < 4.78 is 21.3. The molecule has 0 bridgehead atoms. The van der Waals surface area contributed by atoms with E-state index in [4.69, 9.17) is 18.9 Å². The lowest BCUT2D eigenvalue weighted by Crippen LogP contribution is -2.41. The number of carbonyl (C=O) groups is 2. The number of benzene rings is 3. The monoisotopic (exact) mass is 464 g/mol. The van der Waals surface area contributed by atoms with Gasteiger partial charge in [0.05, 0.1) is 27.9 Å². The standard InChI is InChI=1S/C26H28N2O6/c1-5-34-23-16-19(10-15-22(23)33-4)24(27-25(29)17-6-11-20(31-2)12-7-17)28-26(30)18-8-13-21(32-3)14-9-18/h6-16,24H,5H2,1-4H3,(H,27,29)(H,28,30). The molecule has 0 aliphatic rings. The van der Waals surface area contributed by atoms with E-state index in [-0.39, 0.29) is 11.8 Å². The van der Waals surface area contributed by atoms with Crippen LogP contribution in [-0.4, -0.2) is 39.8 Å². The largest absolute Gasteiger partial charge is 0.497 e. The van der Waals surface area contributed by atoms with E-state index in [1.807, 2.05) is 6.92 Å². The van der Waals surface area contributed by atoms with Gasteiger partial charge in [0.25, 0.3) is 11.8 Å². The van der Waals surface area contributed by atoms with Gasteiger partial charge in [-0.3, -0.25) is 9.59 Å². The Morgan fingerprint density at radius 2 is 1.21 bits per heavy atom. The van der Waals surface area contributed by atoms with Crippen LogP contribution in [-0.2, 0) is 0 Å². The van der Waals surface area contributed by atoms with Crippen molar-refractivity contribution < 1.29 is 28.5 Å². The van der Waals surface area contributed by atoms with Crippen LogP contribution in [0.1, 0.15) is 39.4 Å². The third kappa shape index (κ3) is 5.98. The first-order valence-corrected chi connectivity index (χ1v) is 10.7. The fraction of sp³-hybridized carbons (Fsp3) is 0.231. The topological polar surface area (TPSA) is 95.1 Å². The maximum atomic E-state index is 13.0. The van der Waals surface area contributed by atoms with Crippen molar-refractivity contribution in [1.82, 2.24) is 10.6 Å². The maximum Gasteiger partial charge on any atom is 0.253 e. The number of hydrogen-bond acceptors (Lipinski definition) is 6. The minimum atomic E-state index is -0.839. The second kappa shape index (κ2) is 11.6. The molecule has 2 amide bonds. The lowest BCUT2D eigenvalue weighted by atomic mass is 10.1. The number of carbonyl (C=O) groups excluding carboxylic acids is 2. The molecular weight excluding hydrogens is 436 g/mol. The fourth-order valence-corrected chi connectivity index (χ4v) is 3.26. The molecule has 34 heavy (non-hydrogen) atoms. The van der Waals surface area contributed by atoms with Crippen LogP contribution < -0.4 is 29.6 Å². The molecule has 0 aliphatic carbocycles. The van der Waals surface area contributed by atoms with Crippen LogP contribution >= 0.6 is 0 Å². The summed E-state index contributed by atoms with van der Waals surface area (Å²) >= 11 is 0.